The Bertz CT molecular complexity index is 1290. The van der Waals surface area contributed by atoms with Crippen LogP contribution in [-0.4, -0.2) is 89.5 Å². The van der Waals surface area contributed by atoms with E-state index in [2.05, 4.69) is 20.1 Å². The number of aromatic nitrogens is 4. The Kier molecular flexibility index (Phi) is 9.05. The molecular weight excluding hydrogens is 520 g/mol. The molecule has 2 aliphatic rings. The lowest BCUT2D eigenvalue weighted by Gasteiger charge is -2.34. The fourth-order valence-electron chi connectivity index (χ4n) is 5.57. The van der Waals surface area contributed by atoms with Crippen molar-refractivity contribution in [3.05, 3.63) is 36.2 Å². The molecule has 216 valence electrons. The predicted molar refractivity (Wildman–Crippen MR) is 148 cm³/mol. The molecular formula is C28H37F2N7O3. The molecule has 1 N–H and O–H groups in total. The van der Waals surface area contributed by atoms with Crippen LogP contribution in [0.25, 0.3) is 16.9 Å². The molecule has 1 saturated carbocycles. The second-order valence-electron chi connectivity index (χ2n) is 10.4. The Morgan fingerprint density at radius 3 is 2.58 bits per heavy atom. The standard InChI is InChI=1S/C28H37F2N7O3/c1-3-40-25(38)18-35(2)20-10-8-19(9-11-20)17-31-28-33-23(36-12-14-39-15-13-36)16-24(34-28)37-22-7-5-4-6-21(22)32-27(37)26(29)30/h4-7,16,19-20,26H,3,8-15,17-18H2,1-2H3,(H,31,33,34)/t19-,20-. The molecule has 10 nitrogen and oxygen atoms in total. The number of carbonyl (C=O) groups excluding carboxylic acids is 1. The summed E-state index contributed by atoms with van der Waals surface area (Å²) in [5.41, 5.74) is 1.06. The van der Waals surface area contributed by atoms with Crippen molar-refractivity contribution in [3.8, 4) is 5.82 Å². The van der Waals surface area contributed by atoms with Crippen molar-refractivity contribution in [1.82, 2.24) is 24.4 Å². The van der Waals surface area contributed by atoms with Crippen LogP contribution in [-0.2, 0) is 14.3 Å². The number of nitrogens with zero attached hydrogens (tertiary/aromatic N) is 6. The van der Waals surface area contributed by atoms with Gasteiger partial charge in [0.05, 0.1) is 37.4 Å². The highest BCUT2D eigenvalue weighted by Crippen LogP contribution is 2.30. The number of anilines is 2. The second-order valence-corrected chi connectivity index (χ2v) is 10.4. The first-order valence-corrected chi connectivity index (χ1v) is 14.0. The topological polar surface area (TPSA) is 97.6 Å². The molecule has 0 bridgehead atoms. The number of esters is 1. The number of ether oxygens (including phenoxy) is 2. The summed E-state index contributed by atoms with van der Waals surface area (Å²) in [6, 6.07) is 9.18. The summed E-state index contributed by atoms with van der Waals surface area (Å²) in [5.74, 6) is 1.30. The van der Waals surface area contributed by atoms with Crippen LogP contribution in [0.5, 0.6) is 0 Å². The molecule has 0 unspecified atom stereocenters. The summed E-state index contributed by atoms with van der Waals surface area (Å²) in [6.07, 6.45) is 1.22. The average molecular weight is 558 g/mol. The summed E-state index contributed by atoms with van der Waals surface area (Å²) >= 11 is 0. The average Bonchev–Trinajstić information content (AvgIpc) is 3.37. The van der Waals surface area contributed by atoms with Crippen molar-refractivity contribution in [2.24, 2.45) is 5.92 Å². The Morgan fingerprint density at radius 1 is 1.12 bits per heavy atom. The Morgan fingerprint density at radius 2 is 1.85 bits per heavy atom. The van der Waals surface area contributed by atoms with Gasteiger partial charge in [-0.3, -0.25) is 14.3 Å². The zero-order valence-corrected chi connectivity index (χ0v) is 23.1. The molecule has 5 rings (SSSR count). The van der Waals surface area contributed by atoms with Gasteiger partial charge < -0.3 is 19.7 Å². The van der Waals surface area contributed by atoms with Crippen molar-refractivity contribution in [2.75, 3.05) is 63.3 Å². The first kappa shape index (κ1) is 28.2. The number of hydrogen-bond donors (Lipinski definition) is 1. The van der Waals surface area contributed by atoms with Gasteiger partial charge in [-0.1, -0.05) is 12.1 Å². The minimum atomic E-state index is -2.76. The number of benzene rings is 1. The number of nitrogens with one attached hydrogen (secondary N) is 1. The van der Waals surface area contributed by atoms with E-state index >= 15 is 0 Å². The van der Waals surface area contributed by atoms with E-state index in [0.29, 0.717) is 86.6 Å². The number of halogens is 2. The van der Waals surface area contributed by atoms with Gasteiger partial charge in [0.15, 0.2) is 5.82 Å². The molecule has 0 radical (unpaired) electrons. The van der Waals surface area contributed by atoms with Gasteiger partial charge in [-0.2, -0.15) is 9.97 Å². The fourth-order valence-corrected chi connectivity index (χ4v) is 5.57. The van der Waals surface area contributed by atoms with Gasteiger partial charge in [0, 0.05) is 31.7 Å². The number of alkyl halides is 2. The molecule has 0 amide bonds. The fraction of sp³-hybridized carbons (Fsp3) is 0.571. The van der Waals surface area contributed by atoms with Crippen LogP contribution < -0.4 is 10.2 Å². The van der Waals surface area contributed by atoms with Crippen molar-refractivity contribution >= 4 is 28.8 Å². The number of imidazole rings is 1. The minimum Gasteiger partial charge on any atom is -0.465 e. The number of morpholine rings is 1. The largest absolute Gasteiger partial charge is 0.465 e. The lowest BCUT2D eigenvalue weighted by Crippen LogP contribution is -2.39. The van der Waals surface area contributed by atoms with Crippen LogP contribution in [0, 0.1) is 5.92 Å². The van der Waals surface area contributed by atoms with Crippen LogP contribution in [0.15, 0.2) is 30.3 Å². The third-order valence-corrected chi connectivity index (χ3v) is 7.72. The summed E-state index contributed by atoms with van der Waals surface area (Å²) < 4.78 is 40.2. The van der Waals surface area contributed by atoms with E-state index in [-0.39, 0.29) is 11.8 Å². The number of rotatable bonds is 10. The molecule has 2 fully saturated rings. The van der Waals surface area contributed by atoms with E-state index in [9.17, 15) is 13.6 Å². The third-order valence-electron chi connectivity index (χ3n) is 7.72. The maximum atomic E-state index is 14.1. The first-order chi connectivity index (χ1) is 19.4. The van der Waals surface area contributed by atoms with Crippen molar-refractivity contribution < 1.29 is 23.0 Å². The van der Waals surface area contributed by atoms with Crippen molar-refractivity contribution in [2.45, 2.75) is 45.1 Å². The number of fused-ring (bicyclic) bond motifs is 1. The molecule has 0 spiro atoms. The molecule has 3 aromatic rings. The van der Waals surface area contributed by atoms with E-state index in [1.165, 1.54) is 4.57 Å². The number of hydrogen-bond acceptors (Lipinski definition) is 9. The molecule has 2 aromatic heterocycles. The second kappa shape index (κ2) is 12.9. The van der Waals surface area contributed by atoms with Crippen molar-refractivity contribution in [3.63, 3.8) is 0 Å². The maximum Gasteiger partial charge on any atom is 0.320 e. The predicted octanol–water partition coefficient (Wildman–Crippen LogP) is 4.06. The zero-order chi connectivity index (χ0) is 28.1. The first-order valence-electron chi connectivity index (χ1n) is 14.0. The summed E-state index contributed by atoms with van der Waals surface area (Å²) in [5, 5.41) is 3.40. The van der Waals surface area contributed by atoms with Crippen LogP contribution in [0.4, 0.5) is 20.5 Å². The highest BCUT2D eigenvalue weighted by atomic mass is 19.3. The molecule has 1 aromatic carbocycles. The highest BCUT2D eigenvalue weighted by molar-refractivity contribution is 5.78. The lowest BCUT2D eigenvalue weighted by molar-refractivity contribution is -0.144. The number of likely N-dealkylation sites (N-methyl/N-ethyl adjacent to an activating group) is 1. The van der Waals surface area contributed by atoms with Crippen LogP contribution in [0.2, 0.25) is 0 Å². The summed E-state index contributed by atoms with van der Waals surface area (Å²) in [7, 11) is 1.97. The molecule has 1 aliphatic heterocycles. The zero-order valence-electron chi connectivity index (χ0n) is 23.1. The summed E-state index contributed by atoms with van der Waals surface area (Å²) in [6.45, 7) is 5.65. The Labute approximate surface area is 232 Å². The Balaban J connectivity index is 1.33. The molecule has 12 heteroatoms. The van der Waals surface area contributed by atoms with E-state index < -0.39 is 6.43 Å². The Hall–Kier alpha value is -3.38. The highest BCUT2D eigenvalue weighted by Gasteiger charge is 2.26. The molecule has 1 aliphatic carbocycles. The number of carbonyl (C=O) groups is 1. The van der Waals surface area contributed by atoms with Crippen molar-refractivity contribution in [1.29, 1.82) is 0 Å². The third kappa shape index (κ3) is 6.49. The van der Waals surface area contributed by atoms with E-state index in [0.717, 1.165) is 25.7 Å². The molecule has 3 heterocycles. The molecule has 0 atom stereocenters. The van der Waals surface area contributed by atoms with Gasteiger partial charge in [-0.15, -0.1) is 0 Å². The van der Waals surface area contributed by atoms with Gasteiger partial charge in [-0.25, -0.2) is 13.8 Å². The van der Waals surface area contributed by atoms with Gasteiger partial charge in [0.1, 0.15) is 11.6 Å². The quantitative estimate of drug-likeness (QED) is 0.370. The maximum absolute atomic E-state index is 14.1. The van der Waals surface area contributed by atoms with Gasteiger partial charge in [0.2, 0.25) is 5.95 Å². The van der Waals surface area contributed by atoms with Gasteiger partial charge in [-0.05, 0) is 57.7 Å². The lowest BCUT2D eigenvalue weighted by atomic mass is 9.85. The SMILES string of the molecule is CCOC(=O)CN(C)[C@H]1CC[C@H](CNc2nc(N3CCOCC3)cc(-n3c(C(F)F)nc4ccccc43)n2)CC1. The van der Waals surface area contributed by atoms with Crippen LogP contribution >= 0.6 is 0 Å². The molecule has 1 saturated heterocycles. The molecule has 40 heavy (non-hydrogen) atoms. The summed E-state index contributed by atoms with van der Waals surface area (Å²) in [4.78, 5) is 29.7. The van der Waals surface area contributed by atoms with E-state index in [1.54, 1.807) is 30.3 Å². The van der Waals surface area contributed by atoms with E-state index in [4.69, 9.17) is 19.4 Å². The van der Waals surface area contributed by atoms with Crippen LogP contribution in [0.1, 0.15) is 44.9 Å². The normalized spacial score (nSPS) is 19.9. The van der Waals surface area contributed by atoms with Gasteiger partial charge in [0.25, 0.3) is 6.43 Å². The number of para-hydroxylation sites is 2. The van der Waals surface area contributed by atoms with E-state index in [1.807, 2.05) is 14.0 Å². The monoisotopic (exact) mass is 557 g/mol. The van der Waals surface area contributed by atoms with Gasteiger partial charge >= 0.3 is 5.97 Å². The van der Waals surface area contributed by atoms with Crippen LogP contribution in [0.3, 0.4) is 0 Å². The minimum absolute atomic E-state index is 0.192. The smallest absolute Gasteiger partial charge is 0.320 e.